The lowest BCUT2D eigenvalue weighted by atomic mass is 10.1. The van der Waals surface area contributed by atoms with Crippen molar-refractivity contribution in [1.29, 1.82) is 0 Å². The van der Waals surface area contributed by atoms with Crippen LogP contribution >= 0.6 is 11.8 Å². The van der Waals surface area contributed by atoms with Crippen LogP contribution in [0.4, 0.5) is 5.82 Å². The molecule has 0 atom stereocenters. The third-order valence-corrected chi connectivity index (χ3v) is 4.41. The van der Waals surface area contributed by atoms with Crippen molar-refractivity contribution in [2.45, 2.75) is 25.9 Å². The van der Waals surface area contributed by atoms with E-state index in [-0.39, 0.29) is 11.7 Å². The molecule has 0 saturated carbocycles. The van der Waals surface area contributed by atoms with Crippen molar-refractivity contribution in [3.05, 3.63) is 53.5 Å². The minimum absolute atomic E-state index is 0.150. The molecule has 0 spiro atoms. The summed E-state index contributed by atoms with van der Waals surface area (Å²) < 4.78 is 6.92. The molecular formula is C17H18N4O2S. The predicted octanol–water partition coefficient (Wildman–Crippen LogP) is 3.52. The highest BCUT2D eigenvalue weighted by atomic mass is 32.2. The highest BCUT2D eigenvalue weighted by Gasteiger charge is 2.12. The fourth-order valence-electron chi connectivity index (χ4n) is 2.39. The Balaban J connectivity index is 1.68. The highest BCUT2D eigenvalue weighted by molar-refractivity contribution is 7.99. The van der Waals surface area contributed by atoms with E-state index in [1.807, 2.05) is 10.8 Å². The van der Waals surface area contributed by atoms with Crippen LogP contribution in [0.5, 0.6) is 0 Å². The van der Waals surface area contributed by atoms with Crippen molar-refractivity contribution < 1.29 is 9.32 Å². The Bertz CT molecular complexity index is 869. The van der Waals surface area contributed by atoms with Crippen LogP contribution in [0.1, 0.15) is 16.9 Å². The van der Waals surface area contributed by atoms with Crippen LogP contribution < -0.4 is 5.32 Å². The quantitative estimate of drug-likeness (QED) is 0.718. The molecule has 2 heterocycles. The van der Waals surface area contributed by atoms with Gasteiger partial charge in [0.15, 0.2) is 11.0 Å². The van der Waals surface area contributed by atoms with Gasteiger partial charge in [0.25, 0.3) is 0 Å². The summed E-state index contributed by atoms with van der Waals surface area (Å²) in [6.45, 7) is 5.91. The van der Waals surface area contributed by atoms with Crippen LogP contribution in [-0.2, 0) is 4.79 Å². The largest absolute Gasteiger partial charge is 0.360 e. The molecule has 3 rings (SSSR count). The molecule has 0 saturated heterocycles. The van der Waals surface area contributed by atoms with Gasteiger partial charge in [0.1, 0.15) is 5.76 Å². The second-order valence-corrected chi connectivity index (χ2v) is 6.47. The lowest BCUT2D eigenvalue weighted by Gasteiger charge is -2.11. The zero-order valence-electron chi connectivity index (χ0n) is 13.7. The van der Waals surface area contributed by atoms with E-state index in [0.717, 1.165) is 16.4 Å². The van der Waals surface area contributed by atoms with E-state index in [4.69, 9.17) is 4.52 Å². The Morgan fingerprint density at radius 3 is 2.83 bits per heavy atom. The van der Waals surface area contributed by atoms with Gasteiger partial charge in [0, 0.05) is 18.5 Å². The molecule has 1 aromatic carbocycles. The number of benzene rings is 1. The van der Waals surface area contributed by atoms with Gasteiger partial charge in [0.2, 0.25) is 5.91 Å². The first-order valence-electron chi connectivity index (χ1n) is 7.50. The van der Waals surface area contributed by atoms with Gasteiger partial charge in [-0.2, -0.15) is 0 Å². The Morgan fingerprint density at radius 2 is 2.12 bits per heavy atom. The molecule has 0 fully saturated rings. The first-order valence-corrected chi connectivity index (χ1v) is 8.48. The molecule has 7 heteroatoms. The van der Waals surface area contributed by atoms with Crippen LogP contribution in [0.25, 0.3) is 5.69 Å². The number of aryl methyl sites for hydroxylation is 3. The summed E-state index contributed by atoms with van der Waals surface area (Å²) >= 11 is 1.38. The number of amides is 1. The van der Waals surface area contributed by atoms with Gasteiger partial charge in [-0.05, 0) is 32.4 Å². The first-order chi connectivity index (χ1) is 11.5. The summed E-state index contributed by atoms with van der Waals surface area (Å²) in [7, 11) is 0. The zero-order valence-corrected chi connectivity index (χ0v) is 14.6. The molecule has 1 amide bonds. The Morgan fingerprint density at radius 1 is 1.29 bits per heavy atom. The van der Waals surface area contributed by atoms with Gasteiger partial charge in [0.05, 0.1) is 11.4 Å². The molecular weight excluding hydrogens is 324 g/mol. The first kappa shape index (κ1) is 16.3. The second kappa shape index (κ2) is 6.92. The number of carbonyl (C=O) groups excluding carboxylic acids is 1. The summed E-state index contributed by atoms with van der Waals surface area (Å²) in [5, 5.41) is 7.22. The van der Waals surface area contributed by atoms with Crippen molar-refractivity contribution in [2.75, 3.05) is 11.1 Å². The molecule has 124 valence electrons. The second-order valence-electron chi connectivity index (χ2n) is 5.53. The minimum atomic E-state index is -0.150. The maximum Gasteiger partial charge on any atom is 0.236 e. The van der Waals surface area contributed by atoms with E-state index in [1.54, 1.807) is 19.2 Å². The lowest BCUT2D eigenvalue weighted by molar-refractivity contribution is -0.113. The van der Waals surface area contributed by atoms with Crippen LogP contribution in [0.15, 0.2) is 46.3 Å². The SMILES string of the molecule is Cc1ccc(-n2ccnc2SCC(=O)Nc2cc(C)on2)c(C)c1. The summed E-state index contributed by atoms with van der Waals surface area (Å²) in [5.41, 5.74) is 3.44. The standard InChI is InChI=1S/C17H18N4O2S/c1-11-4-5-14(12(2)8-11)21-7-6-18-17(21)24-10-16(22)19-15-9-13(3)23-20-15/h4-9H,10H2,1-3H3,(H,19,20,22). The van der Waals surface area contributed by atoms with Crippen LogP contribution in [0.3, 0.4) is 0 Å². The number of hydrogen-bond acceptors (Lipinski definition) is 5. The average molecular weight is 342 g/mol. The number of aromatic nitrogens is 3. The molecule has 1 N–H and O–H groups in total. The van der Waals surface area contributed by atoms with E-state index >= 15 is 0 Å². The Hall–Kier alpha value is -2.54. The predicted molar refractivity (Wildman–Crippen MR) is 93.6 cm³/mol. The Labute approximate surface area is 144 Å². The summed E-state index contributed by atoms with van der Waals surface area (Å²) in [6, 6.07) is 7.94. The third-order valence-electron chi connectivity index (χ3n) is 3.45. The molecule has 0 radical (unpaired) electrons. The molecule has 0 aliphatic rings. The van der Waals surface area contributed by atoms with Crippen LogP contribution in [0.2, 0.25) is 0 Å². The number of nitrogens with zero attached hydrogens (tertiary/aromatic N) is 3. The summed E-state index contributed by atoms with van der Waals surface area (Å²) in [6.07, 6.45) is 3.64. The summed E-state index contributed by atoms with van der Waals surface area (Å²) in [5.74, 6) is 1.18. The smallest absolute Gasteiger partial charge is 0.236 e. The minimum Gasteiger partial charge on any atom is -0.360 e. The van der Waals surface area contributed by atoms with Gasteiger partial charge in [-0.1, -0.05) is 34.6 Å². The van der Waals surface area contributed by atoms with Gasteiger partial charge in [-0.3, -0.25) is 9.36 Å². The van der Waals surface area contributed by atoms with E-state index in [1.165, 1.54) is 17.3 Å². The summed E-state index contributed by atoms with van der Waals surface area (Å²) in [4.78, 5) is 16.4. The van der Waals surface area contributed by atoms with E-state index in [0.29, 0.717) is 11.6 Å². The van der Waals surface area contributed by atoms with Crippen molar-refractivity contribution in [1.82, 2.24) is 14.7 Å². The number of rotatable bonds is 5. The average Bonchev–Trinajstić information content (AvgIpc) is 3.14. The molecule has 2 aromatic heterocycles. The van der Waals surface area contributed by atoms with Gasteiger partial charge in [-0.15, -0.1) is 0 Å². The number of hydrogen-bond donors (Lipinski definition) is 1. The third kappa shape index (κ3) is 3.68. The van der Waals surface area contributed by atoms with E-state index < -0.39 is 0 Å². The van der Waals surface area contributed by atoms with Crippen LogP contribution in [-0.4, -0.2) is 26.4 Å². The fourth-order valence-corrected chi connectivity index (χ4v) is 3.16. The topological polar surface area (TPSA) is 73.0 Å². The Kier molecular flexibility index (Phi) is 4.71. The van der Waals surface area contributed by atoms with Crippen molar-refractivity contribution >= 4 is 23.5 Å². The molecule has 24 heavy (non-hydrogen) atoms. The molecule has 0 unspecified atom stereocenters. The van der Waals surface area contributed by atoms with Crippen molar-refractivity contribution in [2.24, 2.45) is 0 Å². The normalized spacial score (nSPS) is 10.8. The molecule has 0 aliphatic heterocycles. The lowest BCUT2D eigenvalue weighted by Crippen LogP contribution is -2.14. The van der Waals surface area contributed by atoms with Gasteiger partial charge in [-0.25, -0.2) is 4.98 Å². The number of anilines is 1. The zero-order chi connectivity index (χ0) is 17.1. The molecule has 6 nitrogen and oxygen atoms in total. The monoisotopic (exact) mass is 342 g/mol. The van der Waals surface area contributed by atoms with E-state index in [2.05, 4.69) is 47.5 Å². The molecule has 0 bridgehead atoms. The van der Waals surface area contributed by atoms with Gasteiger partial charge >= 0.3 is 0 Å². The van der Waals surface area contributed by atoms with E-state index in [9.17, 15) is 4.79 Å². The number of thioether (sulfide) groups is 1. The highest BCUT2D eigenvalue weighted by Crippen LogP contribution is 2.23. The van der Waals surface area contributed by atoms with Crippen molar-refractivity contribution in [3.63, 3.8) is 0 Å². The molecule has 3 aromatic rings. The number of imidazole rings is 1. The fraction of sp³-hybridized carbons (Fsp3) is 0.235. The molecule has 0 aliphatic carbocycles. The number of nitrogens with one attached hydrogen (secondary N) is 1. The maximum absolute atomic E-state index is 12.0. The number of carbonyl (C=O) groups is 1. The van der Waals surface area contributed by atoms with Gasteiger partial charge < -0.3 is 9.84 Å². The van der Waals surface area contributed by atoms with Crippen LogP contribution in [0, 0.1) is 20.8 Å². The van der Waals surface area contributed by atoms with Crippen molar-refractivity contribution in [3.8, 4) is 5.69 Å². The maximum atomic E-state index is 12.0.